The molecule has 3 atom stereocenters. The molecule has 0 radical (unpaired) electrons. The Labute approximate surface area is 81.2 Å². The summed E-state index contributed by atoms with van der Waals surface area (Å²) >= 11 is 5.86. The number of allylic oxidation sites excluding steroid dienone is 2. The van der Waals surface area contributed by atoms with E-state index in [4.69, 9.17) is 22.1 Å². The maximum Gasteiger partial charge on any atom is 0.188 e. The molecule has 1 saturated heterocycles. The second-order valence-electron chi connectivity index (χ2n) is 3.59. The summed E-state index contributed by atoms with van der Waals surface area (Å²) in [5.74, 6) is -1.72. The van der Waals surface area contributed by atoms with E-state index in [0.717, 1.165) is 0 Å². The van der Waals surface area contributed by atoms with Crippen molar-refractivity contribution in [3.63, 3.8) is 0 Å². The lowest BCUT2D eigenvalue weighted by atomic mass is 9.89. The third-order valence-electron chi connectivity index (χ3n) is 2.47. The SMILES string of the molecule is CC1CC2C(=C(Cl)C=CC2(N)F)O1. The zero-order valence-electron chi connectivity index (χ0n) is 7.26. The second-order valence-corrected chi connectivity index (χ2v) is 4.00. The van der Waals surface area contributed by atoms with Crippen molar-refractivity contribution in [2.24, 2.45) is 11.7 Å². The van der Waals surface area contributed by atoms with Gasteiger partial charge in [-0.15, -0.1) is 0 Å². The third kappa shape index (κ3) is 1.36. The normalized spacial score (nSPS) is 43.4. The average molecular weight is 204 g/mol. The van der Waals surface area contributed by atoms with E-state index >= 15 is 0 Å². The Morgan fingerprint density at radius 1 is 1.77 bits per heavy atom. The van der Waals surface area contributed by atoms with Crippen LogP contribution in [0.25, 0.3) is 0 Å². The van der Waals surface area contributed by atoms with Gasteiger partial charge in [0.15, 0.2) is 5.79 Å². The molecule has 0 spiro atoms. The number of nitrogens with two attached hydrogens (primary N) is 1. The molecule has 1 aliphatic carbocycles. The maximum absolute atomic E-state index is 13.7. The number of fused-ring (bicyclic) bond motifs is 1. The number of hydrogen-bond acceptors (Lipinski definition) is 2. The van der Waals surface area contributed by atoms with Gasteiger partial charge in [0.25, 0.3) is 0 Å². The Hall–Kier alpha value is -0.540. The Bertz CT molecular complexity index is 298. The van der Waals surface area contributed by atoms with Gasteiger partial charge < -0.3 is 4.74 Å². The fraction of sp³-hybridized carbons (Fsp3) is 0.556. The van der Waals surface area contributed by atoms with Crippen molar-refractivity contribution in [3.8, 4) is 0 Å². The Kier molecular flexibility index (Phi) is 1.89. The Morgan fingerprint density at radius 2 is 2.46 bits per heavy atom. The second kappa shape index (κ2) is 2.72. The van der Waals surface area contributed by atoms with Crippen LogP contribution in [0.1, 0.15) is 13.3 Å². The number of ether oxygens (including phenoxy) is 1. The van der Waals surface area contributed by atoms with Gasteiger partial charge in [-0.2, -0.15) is 0 Å². The van der Waals surface area contributed by atoms with Crippen molar-refractivity contribution in [2.75, 3.05) is 0 Å². The first-order valence-electron chi connectivity index (χ1n) is 4.24. The van der Waals surface area contributed by atoms with Gasteiger partial charge in [-0.1, -0.05) is 11.6 Å². The van der Waals surface area contributed by atoms with E-state index < -0.39 is 11.7 Å². The number of alkyl halides is 1. The van der Waals surface area contributed by atoms with Crippen LogP contribution < -0.4 is 5.73 Å². The molecule has 2 aliphatic rings. The molecule has 0 aromatic carbocycles. The van der Waals surface area contributed by atoms with E-state index in [1.807, 2.05) is 6.92 Å². The van der Waals surface area contributed by atoms with Gasteiger partial charge in [-0.05, 0) is 25.5 Å². The molecule has 1 fully saturated rings. The average Bonchev–Trinajstić information content (AvgIpc) is 2.42. The molecular formula is C9H11ClFNO. The van der Waals surface area contributed by atoms with Gasteiger partial charge in [-0.3, -0.25) is 5.73 Å². The summed E-state index contributed by atoms with van der Waals surface area (Å²) < 4.78 is 19.1. The van der Waals surface area contributed by atoms with E-state index in [2.05, 4.69) is 0 Å². The lowest BCUT2D eigenvalue weighted by Crippen LogP contribution is -2.42. The zero-order valence-corrected chi connectivity index (χ0v) is 8.01. The van der Waals surface area contributed by atoms with Crippen LogP contribution >= 0.6 is 11.6 Å². The van der Waals surface area contributed by atoms with Crippen LogP contribution in [0, 0.1) is 5.92 Å². The van der Waals surface area contributed by atoms with Gasteiger partial charge in [0, 0.05) is 0 Å². The maximum atomic E-state index is 13.7. The van der Waals surface area contributed by atoms with Crippen molar-refractivity contribution in [3.05, 3.63) is 22.9 Å². The summed E-state index contributed by atoms with van der Waals surface area (Å²) in [5.41, 5.74) is 5.46. The minimum Gasteiger partial charge on any atom is -0.493 e. The van der Waals surface area contributed by atoms with Crippen molar-refractivity contribution >= 4 is 11.6 Å². The van der Waals surface area contributed by atoms with E-state index in [9.17, 15) is 4.39 Å². The van der Waals surface area contributed by atoms with Crippen LogP contribution in [-0.4, -0.2) is 11.9 Å². The molecule has 0 amide bonds. The van der Waals surface area contributed by atoms with Crippen LogP contribution in [0.5, 0.6) is 0 Å². The number of rotatable bonds is 0. The molecule has 0 aromatic rings. The highest BCUT2D eigenvalue weighted by atomic mass is 35.5. The predicted octanol–water partition coefficient (Wildman–Crippen LogP) is 2.06. The summed E-state index contributed by atoms with van der Waals surface area (Å²) in [6.07, 6.45) is 3.34. The van der Waals surface area contributed by atoms with Gasteiger partial charge in [0.05, 0.1) is 17.1 Å². The Balaban J connectivity index is 2.38. The largest absolute Gasteiger partial charge is 0.493 e. The van der Waals surface area contributed by atoms with Crippen molar-refractivity contribution in [2.45, 2.75) is 25.2 Å². The Morgan fingerprint density at radius 3 is 3.08 bits per heavy atom. The molecule has 13 heavy (non-hydrogen) atoms. The lowest BCUT2D eigenvalue weighted by molar-refractivity contribution is 0.148. The van der Waals surface area contributed by atoms with Crippen molar-refractivity contribution in [1.29, 1.82) is 0 Å². The molecule has 2 nitrogen and oxygen atoms in total. The monoisotopic (exact) mass is 203 g/mol. The first-order chi connectivity index (χ1) is 6.00. The number of halogens is 2. The summed E-state index contributed by atoms with van der Waals surface area (Å²) in [6, 6.07) is 0. The smallest absolute Gasteiger partial charge is 0.188 e. The van der Waals surface area contributed by atoms with Gasteiger partial charge in [0.2, 0.25) is 0 Å². The van der Waals surface area contributed by atoms with E-state index in [-0.39, 0.29) is 6.10 Å². The molecule has 0 aromatic heterocycles. The first kappa shape index (κ1) is 9.03. The van der Waals surface area contributed by atoms with Crippen LogP contribution in [0.2, 0.25) is 0 Å². The third-order valence-corrected chi connectivity index (χ3v) is 2.78. The van der Waals surface area contributed by atoms with Gasteiger partial charge in [-0.25, -0.2) is 4.39 Å². The molecular weight excluding hydrogens is 193 g/mol. The van der Waals surface area contributed by atoms with E-state index in [1.165, 1.54) is 12.2 Å². The van der Waals surface area contributed by atoms with Crippen LogP contribution in [-0.2, 0) is 4.74 Å². The minimum atomic E-state index is -1.81. The van der Waals surface area contributed by atoms with Crippen LogP contribution in [0.4, 0.5) is 4.39 Å². The molecule has 0 bridgehead atoms. The fourth-order valence-corrected chi connectivity index (χ4v) is 2.03. The standard InChI is InChI=1S/C9H11ClFNO/c1-5-4-6-8(13-5)7(10)2-3-9(6,11)12/h2-3,5-6H,4,12H2,1H3. The molecule has 4 heteroatoms. The van der Waals surface area contributed by atoms with Crippen molar-refractivity contribution < 1.29 is 9.13 Å². The van der Waals surface area contributed by atoms with E-state index in [0.29, 0.717) is 17.2 Å². The predicted molar refractivity (Wildman–Crippen MR) is 48.7 cm³/mol. The quantitative estimate of drug-likeness (QED) is 0.612. The minimum absolute atomic E-state index is 0.00711. The first-order valence-corrected chi connectivity index (χ1v) is 4.62. The molecule has 72 valence electrons. The molecule has 0 saturated carbocycles. The van der Waals surface area contributed by atoms with Crippen LogP contribution in [0.15, 0.2) is 22.9 Å². The summed E-state index contributed by atoms with van der Waals surface area (Å²) in [4.78, 5) is 0. The molecule has 1 heterocycles. The summed E-state index contributed by atoms with van der Waals surface area (Å²) in [6.45, 7) is 1.88. The molecule has 3 unspecified atom stereocenters. The zero-order chi connectivity index (χ0) is 9.64. The highest BCUT2D eigenvalue weighted by Gasteiger charge is 2.45. The summed E-state index contributed by atoms with van der Waals surface area (Å²) in [7, 11) is 0. The molecule has 1 aliphatic heterocycles. The van der Waals surface area contributed by atoms with Gasteiger partial charge >= 0.3 is 0 Å². The number of hydrogen-bond donors (Lipinski definition) is 1. The highest BCUT2D eigenvalue weighted by molar-refractivity contribution is 6.31. The van der Waals surface area contributed by atoms with Gasteiger partial charge in [0.1, 0.15) is 5.76 Å². The van der Waals surface area contributed by atoms with Crippen molar-refractivity contribution in [1.82, 2.24) is 0 Å². The van der Waals surface area contributed by atoms with Crippen LogP contribution in [0.3, 0.4) is 0 Å². The fourth-order valence-electron chi connectivity index (χ4n) is 1.79. The molecule has 2 rings (SSSR count). The topological polar surface area (TPSA) is 35.2 Å². The lowest BCUT2D eigenvalue weighted by Gasteiger charge is -2.26. The van der Waals surface area contributed by atoms with E-state index in [1.54, 1.807) is 0 Å². The summed E-state index contributed by atoms with van der Waals surface area (Å²) in [5, 5.41) is 0.466. The molecule has 2 N–H and O–H groups in total. The highest BCUT2D eigenvalue weighted by Crippen LogP contribution is 2.43.